The molecule has 0 aliphatic rings. The molecule has 12 rings (SSSR count). The van der Waals surface area contributed by atoms with Crippen molar-refractivity contribution < 1.29 is 37.2 Å². The van der Waals surface area contributed by atoms with Crippen LogP contribution in [0.5, 0.6) is 0 Å². The van der Waals surface area contributed by atoms with Crippen molar-refractivity contribution in [1.29, 1.82) is 0 Å². The summed E-state index contributed by atoms with van der Waals surface area (Å²) in [5.74, 6) is 0.775. The summed E-state index contributed by atoms with van der Waals surface area (Å²) in [5, 5.41) is 3.17. The summed E-state index contributed by atoms with van der Waals surface area (Å²) in [7, 11) is 0. The molecule has 0 saturated carbocycles. The number of para-hydroxylation sites is 2. The summed E-state index contributed by atoms with van der Waals surface area (Å²) in [6, 6.07) is 63.7. The standard InChI is InChI=1S/C47H31N2O2.C13H12N.Ir/c1-29-17-20-35-38-26-34(19-22-44(38)51-45(35)25-29)33-18-21-43-39(27-33)40(28-50-43)47-48-41-15-9-10-16-42(41)49(47)46-36(31-11-5-3-6-12-31)23-30(2)24-37(46)32-13-7-4-8-14-32;1-10-3-6-12(7-4-10)13-8-5-11(2)9-14-13;/h3-27H,1-2H3;3-6,8-9H,1-2H3;/q2*-1;/i;1D3,2D3;. The Balaban J connectivity index is 0.000000240. The third kappa shape index (κ3) is 7.96. The van der Waals surface area contributed by atoms with Gasteiger partial charge in [0.2, 0.25) is 0 Å². The summed E-state index contributed by atoms with van der Waals surface area (Å²) in [6.45, 7) is -0.0853. The molecule has 66 heavy (non-hydrogen) atoms. The van der Waals surface area contributed by atoms with E-state index in [1.807, 2.05) is 12.1 Å². The van der Waals surface area contributed by atoms with E-state index in [0.29, 0.717) is 11.3 Å². The molecule has 1 radical (unpaired) electrons. The number of hydrogen-bond acceptors (Lipinski definition) is 4. The Morgan fingerprint density at radius 3 is 1.89 bits per heavy atom. The largest absolute Gasteiger partial charge is 0.557 e. The molecule has 0 fully saturated rings. The van der Waals surface area contributed by atoms with Crippen molar-refractivity contribution in [3.05, 3.63) is 223 Å². The average molecular weight is 1040 g/mol. The van der Waals surface area contributed by atoms with E-state index in [4.69, 9.17) is 22.0 Å². The van der Waals surface area contributed by atoms with Crippen LogP contribution in [-0.4, -0.2) is 14.5 Å². The Bertz CT molecular complexity index is 3800. The zero-order valence-electron chi connectivity index (χ0n) is 41.9. The molecular weight excluding hydrogens is 987 g/mol. The minimum Gasteiger partial charge on any atom is -0.557 e. The predicted molar refractivity (Wildman–Crippen MR) is 266 cm³/mol. The van der Waals surface area contributed by atoms with E-state index in [9.17, 15) is 0 Å². The van der Waals surface area contributed by atoms with Gasteiger partial charge in [-0.25, -0.2) is 0 Å². The average Bonchev–Trinajstić information content (AvgIpc) is 4.09. The van der Waals surface area contributed by atoms with Crippen molar-refractivity contribution in [2.75, 3.05) is 0 Å². The Morgan fingerprint density at radius 1 is 0.545 bits per heavy atom. The molecule has 12 aromatic rings. The van der Waals surface area contributed by atoms with Gasteiger partial charge in [-0.3, -0.25) is 4.98 Å². The zero-order valence-corrected chi connectivity index (χ0v) is 38.3. The maximum absolute atomic E-state index is 7.28. The Morgan fingerprint density at radius 2 is 1.21 bits per heavy atom. The topological polar surface area (TPSA) is 57.0 Å². The minimum atomic E-state index is -2.18. The number of benzene rings is 8. The van der Waals surface area contributed by atoms with Gasteiger partial charge < -0.3 is 18.4 Å². The number of hydrogen-bond donors (Lipinski definition) is 0. The van der Waals surface area contributed by atoms with Crippen LogP contribution < -0.4 is 0 Å². The molecule has 0 aliphatic carbocycles. The van der Waals surface area contributed by atoms with Gasteiger partial charge in [-0.05, 0) is 108 Å². The zero-order chi connectivity index (χ0) is 49.0. The number of pyridine rings is 1. The first-order valence-electron chi connectivity index (χ1n) is 24.4. The second-order valence-electron chi connectivity index (χ2n) is 16.2. The van der Waals surface area contributed by atoms with E-state index in [1.165, 1.54) is 35.5 Å². The summed E-state index contributed by atoms with van der Waals surface area (Å²) >= 11 is 0. The van der Waals surface area contributed by atoms with Crippen LogP contribution in [0.1, 0.15) is 30.5 Å². The maximum Gasteiger partial charge on any atom is 0.135 e. The van der Waals surface area contributed by atoms with Crippen LogP contribution in [0.3, 0.4) is 0 Å². The Kier molecular flexibility index (Phi) is 9.59. The molecule has 0 spiro atoms. The fourth-order valence-corrected chi connectivity index (χ4v) is 8.64. The molecule has 0 amide bonds. The number of rotatable bonds is 6. The second kappa shape index (κ2) is 17.7. The molecular formula is C60H43IrN3O2-2. The van der Waals surface area contributed by atoms with Gasteiger partial charge in [-0.2, -0.15) is 0 Å². The first-order chi connectivity index (χ1) is 34.3. The van der Waals surface area contributed by atoms with Crippen molar-refractivity contribution in [2.24, 2.45) is 0 Å². The van der Waals surface area contributed by atoms with Crippen LogP contribution in [0.4, 0.5) is 0 Å². The minimum absolute atomic E-state index is 0. The number of imidazole rings is 1. The molecule has 6 heteroatoms. The number of aromatic nitrogens is 3. The molecule has 321 valence electrons. The molecule has 8 aromatic carbocycles. The summed E-state index contributed by atoms with van der Waals surface area (Å²) in [4.78, 5) is 9.39. The molecule has 4 heterocycles. The summed E-state index contributed by atoms with van der Waals surface area (Å²) in [5.41, 5.74) is 17.0. The third-order valence-corrected chi connectivity index (χ3v) is 11.8. The molecule has 5 nitrogen and oxygen atoms in total. The van der Waals surface area contributed by atoms with Gasteiger partial charge in [-0.15, -0.1) is 35.4 Å². The SMILES string of the molecule is Cc1cc(-c2ccccc2)c(-n2c(-c3[c-]oc4ccc(-c5ccc6oc7cc(C)ccc7c6c5)cc34)nc3ccccc32)c(-c2ccccc2)c1.[2H]C([2H])([2H])c1c[c-]c(-c2ccc(C([2H])([2H])[2H])cn2)cc1.[Ir]. The monoisotopic (exact) mass is 1040 g/mol. The van der Waals surface area contributed by atoms with Gasteiger partial charge >= 0.3 is 0 Å². The van der Waals surface area contributed by atoms with Crippen LogP contribution in [0, 0.1) is 39.9 Å². The normalized spacial score (nSPS) is 12.9. The number of nitrogens with zero attached hydrogens (tertiary/aromatic N) is 3. The first-order valence-corrected chi connectivity index (χ1v) is 21.4. The van der Waals surface area contributed by atoms with E-state index in [1.54, 1.807) is 12.1 Å². The quantitative estimate of drug-likeness (QED) is 0.156. The predicted octanol–water partition coefficient (Wildman–Crippen LogP) is 15.9. The molecule has 0 saturated heterocycles. The van der Waals surface area contributed by atoms with Gasteiger partial charge in [0.15, 0.2) is 0 Å². The van der Waals surface area contributed by atoms with E-state index in [-0.39, 0.29) is 31.2 Å². The van der Waals surface area contributed by atoms with E-state index >= 15 is 0 Å². The van der Waals surface area contributed by atoms with Crippen LogP contribution in [0.15, 0.2) is 197 Å². The first kappa shape index (κ1) is 35.7. The third-order valence-electron chi connectivity index (χ3n) is 11.8. The van der Waals surface area contributed by atoms with Crippen LogP contribution in [-0.2, 0) is 20.1 Å². The molecule has 0 N–H and O–H groups in total. The fraction of sp³-hybridized carbons (Fsp3) is 0.0667. The van der Waals surface area contributed by atoms with Crippen LogP contribution >= 0.6 is 0 Å². The number of fused-ring (bicyclic) bond motifs is 5. The van der Waals surface area contributed by atoms with E-state index in [2.05, 4.69) is 175 Å². The Hall–Kier alpha value is -7.63. The smallest absolute Gasteiger partial charge is 0.135 e. The van der Waals surface area contributed by atoms with Crippen molar-refractivity contribution in [3.8, 4) is 61.7 Å². The second-order valence-corrected chi connectivity index (χ2v) is 16.2. The van der Waals surface area contributed by atoms with Gasteiger partial charge in [0.05, 0.1) is 22.5 Å². The van der Waals surface area contributed by atoms with Gasteiger partial charge in [-0.1, -0.05) is 139 Å². The number of aryl methyl sites for hydroxylation is 4. The van der Waals surface area contributed by atoms with Crippen molar-refractivity contribution >= 4 is 43.9 Å². The maximum atomic E-state index is 7.28. The van der Waals surface area contributed by atoms with E-state index < -0.39 is 13.7 Å². The molecule has 0 bridgehead atoms. The van der Waals surface area contributed by atoms with Crippen molar-refractivity contribution in [3.63, 3.8) is 0 Å². The summed E-state index contributed by atoms with van der Waals surface area (Å²) < 4.78 is 58.3. The van der Waals surface area contributed by atoms with Gasteiger partial charge in [0.25, 0.3) is 0 Å². The van der Waals surface area contributed by atoms with E-state index in [0.717, 1.165) is 94.4 Å². The van der Waals surface area contributed by atoms with Gasteiger partial charge in [0, 0.05) is 68.3 Å². The van der Waals surface area contributed by atoms with Crippen LogP contribution in [0.25, 0.3) is 106 Å². The fourth-order valence-electron chi connectivity index (χ4n) is 8.64. The molecule has 0 atom stereocenters. The molecule has 0 unspecified atom stereocenters. The molecule has 0 aliphatic heterocycles. The Labute approximate surface area is 405 Å². The molecule has 4 aromatic heterocycles. The van der Waals surface area contributed by atoms with Crippen LogP contribution in [0.2, 0.25) is 0 Å². The summed E-state index contributed by atoms with van der Waals surface area (Å²) in [6.07, 6.45) is 4.59. The van der Waals surface area contributed by atoms with Crippen molar-refractivity contribution in [1.82, 2.24) is 14.5 Å². The number of furan rings is 2. The van der Waals surface area contributed by atoms with Crippen molar-refractivity contribution in [2.45, 2.75) is 27.6 Å². The van der Waals surface area contributed by atoms with Gasteiger partial charge in [0.1, 0.15) is 11.2 Å².